The number of nitrogens with zero attached hydrogens (tertiary/aromatic N) is 4. The van der Waals surface area contributed by atoms with Gasteiger partial charge in [-0.2, -0.15) is 0 Å². The molecule has 1 fully saturated rings. The number of hydrogen-bond donors (Lipinski definition) is 3. The molecule has 0 unspecified atom stereocenters. The summed E-state index contributed by atoms with van der Waals surface area (Å²) in [5.41, 5.74) is 5.67. The number of aryl methyl sites for hydroxylation is 1. The number of aliphatic hydroxyl groups is 1. The first-order valence-corrected chi connectivity index (χ1v) is 15.4. The molecule has 1 amide bonds. The quantitative estimate of drug-likeness (QED) is 0.182. The van der Waals surface area contributed by atoms with Gasteiger partial charge in [-0.25, -0.2) is 4.68 Å². The number of carbonyl (C=O) groups excluding carboxylic acids is 1. The molecule has 1 saturated heterocycles. The first-order valence-electron chi connectivity index (χ1n) is 14.4. The van der Waals surface area contributed by atoms with E-state index in [1.54, 1.807) is 11.7 Å². The summed E-state index contributed by atoms with van der Waals surface area (Å²) in [5.74, 6) is -0.434. The van der Waals surface area contributed by atoms with E-state index < -0.39 is 12.3 Å². The number of ether oxygens (including phenoxy) is 2. The van der Waals surface area contributed by atoms with Crippen LogP contribution in [0.15, 0.2) is 78.0 Å². The maximum absolute atomic E-state index is 12.2. The molecule has 0 spiro atoms. The number of carbonyl (C=O) groups is 2. The second-order valence-electron chi connectivity index (χ2n) is 10.5. The van der Waals surface area contributed by atoms with Gasteiger partial charge in [-0.15, -0.1) is 5.10 Å². The van der Waals surface area contributed by atoms with E-state index in [0.717, 1.165) is 33.4 Å². The van der Waals surface area contributed by atoms with E-state index in [1.807, 2.05) is 72.8 Å². The molecule has 11 nitrogen and oxygen atoms in total. The molecular weight excluding hydrogens is 582 g/mol. The second kappa shape index (κ2) is 15.1. The van der Waals surface area contributed by atoms with Crippen molar-refractivity contribution in [3.8, 4) is 11.1 Å². The Balaban J connectivity index is 1.29. The molecule has 2 heterocycles. The highest BCUT2D eigenvalue weighted by atomic mass is 32.2. The number of benzene rings is 3. The van der Waals surface area contributed by atoms with Crippen LogP contribution >= 0.6 is 11.8 Å². The van der Waals surface area contributed by atoms with E-state index >= 15 is 0 Å². The standard InChI is InChI=1S/C32H35N5O6S/c1-37-32(34-35-36-37)44-20-26-17-28(23-11-9-21(19-38)10-12-23)43-31(42-26)24-15-13-22(14-16-24)27-6-3-2-5-25(27)18-33-29(39)7-4-8-30(40)41/h2-3,5-6,9-16,26,28,31,38H,4,7-8,17-20H2,1H3,(H,33,39)(H,40,41)/t26-,28+,31+/m1/s1. The largest absolute Gasteiger partial charge is 0.481 e. The Hall–Kier alpha value is -4.10. The first-order chi connectivity index (χ1) is 21.4. The number of thioether (sulfide) groups is 1. The highest BCUT2D eigenvalue weighted by Crippen LogP contribution is 2.39. The Morgan fingerprint density at radius 2 is 1.75 bits per heavy atom. The zero-order valence-electron chi connectivity index (χ0n) is 24.3. The van der Waals surface area contributed by atoms with E-state index in [4.69, 9.17) is 14.6 Å². The summed E-state index contributed by atoms with van der Waals surface area (Å²) in [5, 5.41) is 33.6. The fraction of sp³-hybridized carbons (Fsp3) is 0.344. The number of hydrogen-bond acceptors (Lipinski definition) is 9. The van der Waals surface area contributed by atoms with Crippen molar-refractivity contribution in [2.24, 2.45) is 7.05 Å². The lowest BCUT2D eigenvalue weighted by atomic mass is 9.97. The Morgan fingerprint density at radius 3 is 2.45 bits per heavy atom. The topological polar surface area (TPSA) is 149 Å². The van der Waals surface area contributed by atoms with Crippen molar-refractivity contribution in [1.82, 2.24) is 25.5 Å². The van der Waals surface area contributed by atoms with E-state index in [2.05, 4.69) is 20.8 Å². The van der Waals surface area contributed by atoms with Crippen LogP contribution in [0.2, 0.25) is 0 Å². The highest BCUT2D eigenvalue weighted by molar-refractivity contribution is 7.99. The monoisotopic (exact) mass is 617 g/mol. The Kier molecular flexibility index (Phi) is 10.7. The number of carboxylic acid groups (broad SMARTS) is 1. The van der Waals surface area contributed by atoms with Crippen LogP contribution in [0.25, 0.3) is 11.1 Å². The van der Waals surface area contributed by atoms with Crippen LogP contribution in [0.4, 0.5) is 0 Å². The zero-order chi connectivity index (χ0) is 30.9. The molecule has 44 heavy (non-hydrogen) atoms. The summed E-state index contributed by atoms with van der Waals surface area (Å²) < 4.78 is 14.6. The van der Waals surface area contributed by atoms with Crippen molar-refractivity contribution in [2.45, 2.75) is 62.5 Å². The lowest BCUT2D eigenvalue weighted by Crippen LogP contribution is -2.31. The molecule has 0 saturated carbocycles. The number of aromatic nitrogens is 4. The Bertz CT molecular complexity index is 1550. The molecule has 0 bridgehead atoms. The minimum absolute atomic E-state index is 0.0167. The summed E-state index contributed by atoms with van der Waals surface area (Å²) >= 11 is 1.53. The minimum atomic E-state index is -0.906. The van der Waals surface area contributed by atoms with E-state index in [1.165, 1.54) is 11.8 Å². The number of nitrogens with one attached hydrogen (secondary N) is 1. The van der Waals surface area contributed by atoms with Crippen LogP contribution < -0.4 is 5.32 Å². The van der Waals surface area contributed by atoms with Crippen molar-refractivity contribution in [3.63, 3.8) is 0 Å². The number of tetrazole rings is 1. The third-order valence-corrected chi connectivity index (χ3v) is 8.52. The van der Waals surface area contributed by atoms with Crippen LogP contribution in [0.5, 0.6) is 0 Å². The normalized spacial score (nSPS) is 18.2. The van der Waals surface area contributed by atoms with Gasteiger partial charge in [-0.1, -0.05) is 84.6 Å². The fourth-order valence-corrected chi connectivity index (χ4v) is 5.86. The minimum Gasteiger partial charge on any atom is -0.481 e. The smallest absolute Gasteiger partial charge is 0.303 e. The summed E-state index contributed by atoms with van der Waals surface area (Å²) in [6.07, 6.45) is 0.180. The molecule has 1 aromatic heterocycles. The lowest BCUT2D eigenvalue weighted by Gasteiger charge is -2.36. The summed E-state index contributed by atoms with van der Waals surface area (Å²) in [6, 6.07) is 23.7. The van der Waals surface area contributed by atoms with Crippen molar-refractivity contribution < 1.29 is 29.3 Å². The molecule has 12 heteroatoms. The molecule has 0 radical (unpaired) electrons. The third-order valence-electron chi connectivity index (χ3n) is 7.38. The van der Waals surface area contributed by atoms with Crippen molar-refractivity contribution >= 4 is 23.6 Å². The van der Waals surface area contributed by atoms with Crippen LogP contribution in [0, 0.1) is 0 Å². The molecule has 3 N–H and O–H groups in total. The molecule has 1 aliphatic heterocycles. The van der Waals surface area contributed by atoms with Crippen LogP contribution in [-0.4, -0.2) is 54.2 Å². The number of amides is 1. The van der Waals surface area contributed by atoms with Gasteiger partial charge >= 0.3 is 5.97 Å². The average molecular weight is 618 g/mol. The molecule has 1 aliphatic rings. The van der Waals surface area contributed by atoms with Crippen molar-refractivity contribution in [1.29, 1.82) is 0 Å². The highest BCUT2D eigenvalue weighted by Gasteiger charge is 2.32. The number of aliphatic carboxylic acids is 1. The van der Waals surface area contributed by atoms with Gasteiger partial charge in [0.2, 0.25) is 11.1 Å². The maximum atomic E-state index is 12.2. The maximum Gasteiger partial charge on any atom is 0.303 e. The molecule has 0 aliphatic carbocycles. The van der Waals surface area contributed by atoms with Gasteiger partial charge in [0.05, 0.1) is 18.8 Å². The lowest BCUT2D eigenvalue weighted by molar-refractivity contribution is -0.245. The van der Waals surface area contributed by atoms with E-state index in [9.17, 15) is 14.7 Å². The SMILES string of the molecule is Cn1nnnc1SC[C@H]1C[C@@H](c2ccc(CO)cc2)O[C@@H](c2ccc(-c3ccccc3CNC(=O)CCCC(=O)O)cc2)O1. The molecule has 4 aromatic rings. The van der Waals surface area contributed by atoms with E-state index in [0.29, 0.717) is 30.3 Å². The van der Waals surface area contributed by atoms with Gasteiger partial charge in [0, 0.05) is 44.2 Å². The second-order valence-corrected chi connectivity index (χ2v) is 11.5. The summed E-state index contributed by atoms with van der Waals surface area (Å²) in [4.78, 5) is 23.0. The van der Waals surface area contributed by atoms with Crippen molar-refractivity contribution in [2.75, 3.05) is 5.75 Å². The fourth-order valence-electron chi connectivity index (χ4n) is 4.99. The molecule has 5 rings (SSSR count). The predicted molar refractivity (Wildman–Crippen MR) is 163 cm³/mol. The predicted octanol–water partition coefficient (Wildman–Crippen LogP) is 4.58. The number of carboxylic acids is 1. The van der Waals surface area contributed by atoms with Gasteiger partial charge in [0.1, 0.15) is 0 Å². The van der Waals surface area contributed by atoms with Crippen LogP contribution in [0.1, 0.15) is 60.3 Å². The summed E-state index contributed by atoms with van der Waals surface area (Å²) in [7, 11) is 1.80. The number of aliphatic hydroxyl groups excluding tert-OH is 1. The van der Waals surface area contributed by atoms with Gasteiger partial charge in [-0.3, -0.25) is 9.59 Å². The van der Waals surface area contributed by atoms with Gasteiger partial charge in [0.25, 0.3) is 0 Å². The molecule has 3 aromatic carbocycles. The van der Waals surface area contributed by atoms with E-state index in [-0.39, 0.29) is 37.6 Å². The van der Waals surface area contributed by atoms with Gasteiger partial charge < -0.3 is 25.0 Å². The molecular formula is C32H35N5O6S. The zero-order valence-corrected chi connectivity index (χ0v) is 25.2. The average Bonchev–Trinajstić information content (AvgIpc) is 3.47. The van der Waals surface area contributed by atoms with Gasteiger partial charge in [0.15, 0.2) is 6.29 Å². The Morgan fingerprint density at radius 1 is 1.00 bits per heavy atom. The number of rotatable bonds is 13. The molecule has 230 valence electrons. The first kappa shape index (κ1) is 31.3. The molecule has 3 atom stereocenters. The van der Waals surface area contributed by atoms with Crippen molar-refractivity contribution in [3.05, 3.63) is 95.1 Å². The van der Waals surface area contributed by atoms with Crippen LogP contribution in [-0.2, 0) is 39.3 Å². The van der Waals surface area contributed by atoms with Crippen LogP contribution in [0.3, 0.4) is 0 Å². The Labute approximate surface area is 259 Å². The summed E-state index contributed by atoms with van der Waals surface area (Å²) in [6.45, 7) is 0.326. The van der Waals surface area contributed by atoms with Gasteiger partial charge in [-0.05, 0) is 44.7 Å². The third kappa shape index (κ3) is 8.29.